The molecule has 2 N–H and O–H groups in total. The molecule has 2 aromatic rings. The Morgan fingerprint density at radius 2 is 2.00 bits per heavy atom. The van der Waals surface area contributed by atoms with Gasteiger partial charge in [-0.3, -0.25) is 4.79 Å². The zero-order chi connectivity index (χ0) is 17.0. The third kappa shape index (κ3) is 3.78. The van der Waals surface area contributed by atoms with E-state index in [-0.39, 0.29) is 12.4 Å². The van der Waals surface area contributed by atoms with Gasteiger partial charge in [0.15, 0.2) is 11.8 Å². The van der Waals surface area contributed by atoms with Crippen LogP contribution < -0.4 is 5.32 Å². The van der Waals surface area contributed by atoms with E-state index in [9.17, 15) is 14.7 Å². The predicted molar refractivity (Wildman–Crippen MR) is 83.2 cm³/mol. The van der Waals surface area contributed by atoms with Crippen molar-refractivity contribution in [2.45, 2.75) is 26.5 Å². The summed E-state index contributed by atoms with van der Waals surface area (Å²) in [5.41, 5.74) is 2.35. The molecule has 23 heavy (non-hydrogen) atoms. The van der Waals surface area contributed by atoms with E-state index >= 15 is 0 Å². The van der Waals surface area contributed by atoms with Crippen LogP contribution in [0, 0.1) is 13.8 Å². The van der Waals surface area contributed by atoms with Gasteiger partial charge in [0.25, 0.3) is 5.91 Å². The zero-order valence-electron chi connectivity index (χ0n) is 13.3. The molecular weight excluding hydrogens is 298 g/mol. The molecule has 0 bridgehead atoms. The van der Waals surface area contributed by atoms with Crippen LogP contribution in [0.4, 0.5) is 0 Å². The van der Waals surface area contributed by atoms with Gasteiger partial charge in [0.05, 0.1) is 0 Å². The lowest BCUT2D eigenvalue weighted by Crippen LogP contribution is -2.34. The molecule has 1 aromatic heterocycles. The number of rotatable bonds is 6. The molecule has 122 valence electrons. The normalized spacial score (nSPS) is 12.0. The Balaban J connectivity index is 2.23. The first-order valence-electron chi connectivity index (χ1n) is 7.11. The van der Waals surface area contributed by atoms with Gasteiger partial charge in [-0.2, -0.15) is 0 Å². The summed E-state index contributed by atoms with van der Waals surface area (Å²) in [4.78, 5) is 23.8. The van der Waals surface area contributed by atoms with Crippen LogP contribution in [0.5, 0.6) is 0 Å². The number of amides is 1. The lowest BCUT2D eigenvalue weighted by Gasteiger charge is -2.17. The Labute approximate surface area is 134 Å². The number of furan rings is 1. The van der Waals surface area contributed by atoms with Gasteiger partial charge in [0.2, 0.25) is 0 Å². The van der Waals surface area contributed by atoms with E-state index in [0.29, 0.717) is 11.3 Å². The highest BCUT2D eigenvalue weighted by Crippen LogP contribution is 2.21. The second-order valence-corrected chi connectivity index (χ2v) is 5.23. The third-order valence-electron chi connectivity index (χ3n) is 3.65. The molecule has 0 fully saturated rings. The van der Waals surface area contributed by atoms with Crippen LogP contribution in [0.1, 0.15) is 39.0 Å². The number of aryl methyl sites for hydroxylation is 1. The summed E-state index contributed by atoms with van der Waals surface area (Å²) in [7, 11) is 1.52. The Kier molecular flexibility index (Phi) is 5.18. The van der Waals surface area contributed by atoms with Crippen LogP contribution in [0.25, 0.3) is 0 Å². The Hall–Kier alpha value is -2.60. The smallest absolute Gasteiger partial charge is 0.330 e. The van der Waals surface area contributed by atoms with Crippen LogP contribution in [-0.2, 0) is 16.1 Å². The standard InChI is InChI=1S/C17H19NO5/c1-10-5-4-6-13(11(10)2)15(17(20)21)18-16(19)14-8-7-12(23-14)9-22-3/h4-8,15H,9H2,1-3H3,(H,18,19)(H,20,21)/t15-/m1/s1. The van der Waals surface area contributed by atoms with Crippen LogP contribution >= 0.6 is 0 Å². The third-order valence-corrected chi connectivity index (χ3v) is 3.65. The minimum Gasteiger partial charge on any atom is -0.479 e. The molecule has 0 unspecified atom stereocenters. The lowest BCUT2D eigenvalue weighted by atomic mass is 9.97. The molecule has 0 aliphatic rings. The van der Waals surface area contributed by atoms with Crippen molar-refractivity contribution in [2.75, 3.05) is 7.11 Å². The fraction of sp³-hybridized carbons (Fsp3) is 0.294. The predicted octanol–water partition coefficient (Wildman–Crippen LogP) is 2.60. The topological polar surface area (TPSA) is 88.8 Å². The van der Waals surface area contributed by atoms with Crippen molar-refractivity contribution in [3.05, 3.63) is 58.5 Å². The number of ether oxygens (including phenoxy) is 1. The average molecular weight is 317 g/mol. The largest absolute Gasteiger partial charge is 0.479 e. The number of carboxylic acid groups (broad SMARTS) is 1. The van der Waals surface area contributed by atoms with Gasteiger partial charge in [-0.1, -0.05) is 18.2 Å². The molecule has 0 aliphatic heterocycles. The first kappa shape index (κ1) is 16.8. The monoisotopic (exact) mass is 317 g/mol. The van der Waals surface area contributed by atoms with Crippen LogP contribution in [0.2, 0.25) is 0 Å². The molecule has 2 rings (SSSR count). The van der Waals surface area contributed by atoms with E-state index in [2.05, 4.69) is 5.32 Å². The molecule has 1 heterocycles. The van der Waals surface area contributed by atoms with Gasteiger partial charge in [-0.25, -0.2) is 4.79 Å². The summed E-state index contributed by atoms with van der Waals surface area (Å²) in [6.07, 6.45) is 0. The highest BCUT2D eigenvalue weighted by molar-refractivity contribution is 5.94. The molecule has 0 saturated carbocycles. The maximum Gasteiger partial charge on any atom is 0.330 e. The molecule has 0 radical (unpaired) electrons. The number of carbonyl (C=O) groups excluding carboxylic acids is 1. The van der Waals surface area contributed by atoms with Gasteiger partial charge in [0, 0.05) is 7.11 Å². The molecule has 6 heteroatoms. The molecular formula is C17H19NO5. The summed E-state index contributed by atoms with van der Waals surface area (Å²) >= 11 is 0. The molecule has 0 spiro atoms. The van der Waals surface area contributed by atoms with Crippen molar-refractivity contribution in [1.29, 1.82) is 0 Å². The van der Waals surface area contributed by atoms with Crippen LogP contribution in [-0.4, -0.2) is 24.1 Å². The maximum absolute atomic E-state index is 12.2. The SMILES string of the molecule is COCc1ccc(C(=O)N[C@@H](C(=O)O)c2cccc(C)c2C)o1. The van der Waals surface area contributed by atoms with Crippen LogP contribution in [0.3, 0.4) is 0 Å². The van der Waals surface area contributed by atoms with Gasteiger partial charge in [0.1, 0.15) is 12.4 Å². The zero-order valence-corrected chi connectivity index (χ0v) is 13.3. The number of benzene rings is 1. The molecule has 1 aromatic carbocycles. The number of hydrogen-bond donors (Lipinski definition) is 2. The number of aliphatic carboxylic acids is 1. The van der Waals surface area contributed by atoms with Crippen LogP contribution in [0.15, 0.2) is 34.7 Å². The molecule has 6 nitrogen and oxygen atoms in total. The van der Waals surface area contributed by atoms with Crippen molar-refractivity contribution in [1.82, 2.24) is 5.32 Å². The minimum atomic E-state index is -1.14. The van der Waals surface area contributed by atoms with Crippen molar-refractivity contribution in [3.8, 4) is 0 Å². The molecule has 0 saturated heterocycles. The minimum absolute atomic E-state index is 0.0496. The number of carboxylic acids is 1. The van der Waals surface area contributed by atoms with Crippen molar-refractivity contribution in [2.24, 2.45) is 0 Å². The Bertz CT molecular complexity index is 720. The van der Waals surface area contributed by atoms with E-state index in [1.807, 2.05) is 19.9 Å². The number of carbonyl (C=O) groups is 2. The fourth-order valence-corrected chi connectivity index (χ4v) is 2.28. The highest BCUT2D eigenvalue weighted by atomic mass is 16.5. The van der Waals surface area contributed by atoms with Crippen molar-refractivity contribution >= 4 is 11.9 Å². The maximum atomic E-state index is 12.2. The second-order valence-electron chi connectivity index (χ2n) is 5.23. The average Bonchev–Trinajstić information content (AvgIpc) is 2.97. The van der Waals surface area contributed by atoms with Crippen molar-refractivity contribution < 1.29 is 23.8 Å². The van der Waals surface area contributed by atoms with E-state index in [0.717, 1.165) is 11.1 Å². The lowest BCUT2D eigenvalue weighted by molar-refractivity contribution is -0.139. The highest BCUT2D eigenvalue weighted by Gasteiger charge is 2.25. The number of hydrogen-bond acceptors (Lipinski definition) is 4. The molecule has 1 atom stereocenters. The quantitative estimate of drug-likeness (QED) is 0.855. The summed E-state index contributed by atoms with van der Waals surface area (Å²) in [5, 5.41) is 12.0. The van der Waals surface area contributed by atoms with E-state index in [4.69, 9.17) is 9.15 Å². The fourth-order valence-electron chi connectivity index (χ4n) is 2.28. The number of nitrogens with one attached hydrogen (secondary N) is 1. The first-order valence-corrected chi connectivity index (χ1v) is 7.11. The molecule has 0 aliphatic carbocycles. The Morgan fingerprint density at radius 3 is 2.65 bits per heavy atom. The Morgan fingerprint density at radius 1 is 1.26 bits per heavy atom. The van der Waals surface area contributed by atoms with Crippen molar-refractivity contribution in [3.63, 3.8) is 0 Å². The summed E-state index contributed by atoms with van der Waals surface area (Å²) in [6.45, 7) is 3.96. The van der Waals surface area contributed by atoms with E-state index in [1.54, 1.807) is 18.2 Å². The van der Waals surface area contributed by atoms with Gasteiger partial charge in [-0.05, 0) is 42.7 Å². The van der Waals surface area contributed by atoms with Gasteiger partial charge >= 0.3 is 5.97 Å². The number of methoxy groups -OCH3 is 1. The summed E-state index contributed by atoms with van der Waals surface area (Å²) in [5.74, 6) is -1.17. The molecule has 1 amide bonds. The summed E-state index contributed by atoms with van der Waals surface area (Å²) in [6, 6.07) is 7.32. The van der Waals surface area contributed by atoms with Gasteiger partial charge in [-0.15, -0.1) is 0 Å². The van der Waals surface area contributed by atoms with E-state index in [1.165, 1.54) is 13.2 Å². The second kappa shape index (κ2) is 7.11. The summed E-state index contributed by atoms with van der Waals surface area (Å²) < 4.78 is 10.2. The van der Waals surface area contributed by atoms with E-state index < -0.39 is 17.9 Å². The first-order chi connectivity index (χ1) is 10.9. The van der Waals surface area contributed by atoms with Gasteiger partial charge < -0.3 is 19.6 Å².